The van der Waals surface area contributed by atoms with E-state index in [9.17, 15) is 9.59 Å². The molecule has 1 aromatic carbocycles. The van der Waals surface area contributed by atoms with E-state index in [0.29, 0.717) is 18.9 Å². The number of carbonyl (C=O) groups is 2. The van der Waals surface area contributed by atoms with Gasteiger partial charge in [-0.1, -0.05) is 12.1 Å². The van der Waals surface area contributed by atoms with Crippen LogP contribution in [-0.4, -0.2) is 46.2 Å². The number of aromatic nitrogens is 1. The number of benzene rings is 1. The normalized spacial score (nSPS) is 26.2. The van der Waals surface area contributed by atoms with Crippen molar-refractivity contribution in [2.24, 2.45) is 11.8 Å². The van der Waals surface area contributed by atoms with Crippen LogP contribution >= 0.6 is 11.3 Å². The van der Waals surface area contributed by atoms with Gasteiger partial charge >= 0.3 is 0 Å². The van der Waals surface area contributed by atoms with Gasteiger partial charge in [0.05, 0.1) is 22.2 Å². The van der Waals surface area contributed by atoms with Crippen LogP contribution in [0.25, 0.3) is 10.2 Å². The van der Waals surface area contributed by atoms with Crippen LogP contribution in [0.2, 0.25) is 0 Å². The van der Waals surface area contributed by atoms with Crippen molar-refractivity contribution in [2.45, 2.75) is 38.1 Å². The van der Waals surface area contributed by atoms with E-state index in [1.165, 1.54) is 17.5 Å². The topological polar surface area (TPSA) is 53.5 Å². The van der Waals surface area contributed by atoms with Crippen LogP contribution in [0.3, 0.4) is 0 Å². The first-order chi connectivity index (χ1) is 12.7. The van der Waals surface area contributed by atoms with Gasteiger partial charge in [0.15, 0.2) is 0 Å². The third kappa shape index (κ3) is 2.90. The molecule has 6 heteroatoms. The summed E-state index contributed by atoms with van der Waals surface area (Å²) in [5, 5.41) is 1.04. The molecule has 3 fully saturated rings. The van der Waals surface area contributed by atoms with Crippen molar-refractivity contribution in [3.05, 3.63) is 29.3 Å². The number of hydrogen-bond acceptors (Lipinski definition) is 4. The summed E-state index contributed by atoms with van der Waals surface area (Å²) in [6.07, 6.45) is 4.83. The van der Waals surface area contributed by atoms with E-state index in [1.54, 1.807) is 11.3 Å². The first-order valence-corrected chi connectivity index (χ1v) is 10.4. The zero-order chi connectivity index (χ0) is 17.7. The summed E-state index contributed by atoms with van der Waals surface area (Å²) < 4.78 is 1.17. The van der Waals surface area contributed by atoms with E-state index in [4.69, 9.17) is 4.98 Å². The van der Waals surface area contributed by atoms with E-state index in [-0.39, 0.29) is 23.8 Å². The lowest BCUT2D eigenvalue weighted by Gasteiger charge is -2.26. The van der Waals surface area contributed by atoms with Gasteiger partial charge in [-0.3, -0.25) is 9.59 Å². The van der Waals surface area contributed by atoms with E-state index in [0.717, 1.165) is 36.5 Å². The molecule has 3 aliphatic rings. The molecule has 0 spiro atoms. The van der Waals surface area contributed by atoms with Crippen molar-refractivity contribution in [3.63, 3.8) is 0 Å². The summed E-state index contributed by atoms with van der Waals surface area (Å²) in [4.78, 5) is 34.1. The summed E-state index contributed by atoms with van der Waals surface area (Å²) in [5.74, 6) is 0.815. The second-order valence-corrected chi connectivity index (χ2v) is 8.91. The highest BCUT2D eigenvalue weighted by molar-refractivity contribution is 7.18. The van der Waals surface area contributed by atoms with Crippen LogP contribution in [0.5, 0.6) is 0 Å². The third-order valence-corrected chi connectivity index (χ3v) is 7.01. The highest BCUT2D eigenvalue weighted by Gasteiger charge is 2.42. The molecular weight excluding hydrogens is 346 g/mol. The second kappa shape index (κ2) is 6.34. The minimum absolute atomic E-state index is 0.0764. The Morgan fingerprint density at radius 1 is 1.23 bits per heavy atom. The molecule has 5 rings (SSSR count). The maximum Gasteiger partial charge on any atom is 0.228 e. The average molecular weight is 369 g/mol. The molecule has 0 unspecified atom stereocenters. The minimum atomic E-state index is -0.170. The summed E-state index contributed by atoms with van der Waals surface area (Å²) in [5.41, 5.74) is 1.01. The predicted molar refractivity (Wildman–Crippen MR) is 101 cm³/mol. The largest absolute Gasteiger partial charge is 0.342 e. The molecule has 2 amide bonds. The van der Waals surface area contributed by atoms with Crippen molar-refractivity contribution in [1.29, 1.82) is 0 Å². The molecule has 0 bridgehead atoms. The fourth-order valence-corrected chi connectivity index (χ4v) is 5.40. The molecule has 3 heterocycles. The number of nitrogens with zero attached hydrogens (tertiary/aromatic N) is 3. The SMILES string of the molecule is O=C1C[C@H](C(=O)N2CCC[C@H]2c2nc3ccccc3s2)CN1CC1CC1. The van der Waals surface area contributed by atoms with Crippen molar-refractivity contribution < 1.29 is 9.59 Å². The molecule has 26 heavy (non-hydrogen) atoms. The highest BCUT2D eigenvalue weighted by Crippen LogP contribution is 2.38. The second-order valence-electron chi connectivity index (χ2n) is 7.85. The molecule has 2 aromatic rings. The van der Waals surface area contributed by atoms with Crippen LogP contribution in [0.15, 0.2) is 24.3 Å². The molecule has 1 aromatic heterocycles. The Morgan fingerprint density at radius 2 is 2.08 bits per heavy atom. The van der Waals surface area contributed by atoms with Gasteiger partial charge in [-0.25, -0.2) is 4.98 Å². The summed E-state index contributed by atoms with van der Waals surface area (Å²) in [6.45, 7) is 2.24. The van der Waals surface area contributed by atoms with Crippen LogP contribution in [0.4, 0.5) is 0 Å². The summed E-state index contributed by atoms with van der Waals surface area (Å²) >= 11 is 1.69. The molecule has 2 aliphatic heterocycles. The Labute approximate surface area is 157 Å². The molecule has 5 nitrogen and oxygen atoms in total. The van der Waals surface area contributed by atoms with Crippen molar-refractivity contribution in [2.75, 3.05) is 19.6 Å². The number of likely N-dealkylation sites (tertiary alicyclic amines) is 2. The molecule has 136 valence electrons. The Kier molecular flexibility index (Phi) is 3.96. The van der Waals surface area contributed by atoms with Gasteiger partial charge in [0, 0.05) is 26.1 Å². The lowest BCUT2D eigenvalue weighted by atomic mass is 10.1. The van der Waals surface area contributed by atoms with Gasteiger partial charge < -0.3 is 9.80 Å². The molecule has 2 saturated heterocycles. The molecular formula is C20H23N3O2S. The van der Waals surface area contributed by atoms with E-state index in [2.05, 4.69) is 6.07 Å². The molecule has 0 radical (unpaired) electrons. The van der Waals surface area contributed by atoms with Crippen LogP contribution < -0.4 is 0 Å². The van der Waals surface area contributed by atoms with Gasteiger partial charge in [-0.15, -0.1) is 11.3 Å². The van der Waals surface area contributed by atoms with E-state index >= 15 is 0 Å². The highest BCUT2D eigenvalue weighted by atomic mass is 32.1. The zero-order valence-corrected chi connectivity index (χ0v) is 15.6. The summed E-state index contributed by atoms with van der Waals surface area (Å²) in [6, 6.07) is 8.22. The van der Waals surface area contributed by atoms with Crippen LogP contribution in [0, 0.1) is 11.8 Å². The number of carbonyl (C=O) groups excluding carboxylic acids is 2. The predicted octanol–water partition coefficient (Wildman–Crippen LogP) is 3.22. The van der Waals surface area contributed by atoms with Gasteiger partial charge in [-0.05, 0) is 43.7 Å². The number of amides is 2. The molecule has 0 N–H and O–H groups in total. The van der Waals surface area contributed by atoms with Gasteiger partial charge in [0.1, 0.15) is 5.01 Å². The Bertz CT molecular complexity index is 827. The van der Waals surface area contributed by atoms with Crippen molar-refractivity contribution >= 4 is 33.4 Å². The number of fused-ring (bicyclic) bond motifs is 1. The fourth-order valence-electron chi connectivity index (χ4n) is 4.28. The quantitative estimate of drug-likeness (QED) is 0.831. The van der Waals surface area contributed by atoms with E-state index < -0.39 is 0 Å². The van der Waals surface area contributed by atoms with Gasteiger partial charge in [0.2, 0.25) is 11.8 Å². The maximum atomic E-state index is 13.2. The van der Waals surface area contributed by atoms with Crippen molar-refractivity contribution in [3.8, 4) is 0 Å². The Balaban J connectivity index is 1.33. The van der Waals surface area contributed by atoms with Gasteiger partial charge in [-0.2, -0.15) is 0 Å². The van der Waals surface area contributed by atoms with Crippen LogP contribution in [-0.2, 0) is 9.59 Å². The molecule has 1 aliphatic carbocycles. The number of thiazole rings is 1. The lowest BCUT2D eigenvalue weighted by molar-refractivity contribution is -0.136. The summed E-state index contributed by atoms with van der Waals surface area (Å²) in [7, 11) is 0. The van der Waals surface area contributed by atoms with Crippen molar-refractivity contribution in [1.82, 2.24) is 14.8 Å². The molecule has 2 atom stereocenters. The monoisotopic (exact) mass is 369 g/mol. The third-order valence-electron chi connectivity index (χ3n) is 5.87. The van der Waals surface area contributed by atoms with E-state index in [1.807, 2.05) is 28.0 Å². The lowest BCUT2D eigenvalue weighted by Crippen LogP contribution is -2.37. The Hall–Kier alpha value is -1.95. The first-order valence-electron chi connectivity index (χ1n) is 9.63. The number of rotatable bonds is 4. The van der Waals surface area contributed by atoms with Crippen LogP contribution in [0.1, 0.15) is 43.2 Å². The molecule has 1 saturated carbocycles. The minimum Gasteiger partial charge on any atom is -0.342 e. The first kappa shape index (κ1) is 16.2. The van der Waals surface area contributed by atoms with Gasteiger partial charge in [0.25, 0.3) is 0 Å². The average Bonchev–Trinajstić information content (AvgIpc) is 3.05. The number of para-hydroxylation sites is 1. The smallest absolute Gasteiger partial charge is 0.228 e. The Morgan fingerprint density at radius 3 is 2.88 bits per heavy atom. The fraction of sp³-hybridized carbons (Fsp3) is 0.550. The maximum absolute atomic E-state index is 13.2. The number of hydrogen-bond donors (Lipinski definition) is 0. The zero-order valence-electron chi connectivity index (χ0n) is 14.8. The standard InChI is InChI=1S/C20H23N3O2S/c24-18-10-14(12-22(18)11-13-7-8-13)20(25)23-9-3-5-16(23)19-21-15-4-1-2-6-17(15)26-19/h1-2,4,6,13-14,16H,3,5,7-12H2/t14-,16-/m0/s1.